The fourth-order valence-electron chi connectivity index (χ4n) is 3.86. The molecule has 1 unspecified atom stereocenters. The highest BCUT2D eigenvalue weighted by molar-refractivity contribution is 5.79. The van der Waals surface area contributed by atoms with Crippen LogP contribution in [0.5, 0.6) is 0 Å². The van der Waals surface area contributed by atoms with E-state index in [9.17, 15) is 0 Å². The molecule has 27 heavy (non-hydrogen) atoms. The number of guanidine groups is 1. The van der Waals surface area contributed by atoms with Crippen molar-refractivity contribution in [2.24, 2.45) is 10.9 Å². The third-order valence-corrected chi connectivity index (χ3v) is 5.57. The van der Waals surface area contributed by atoms with Crippen molar-refractivity contribution < 1.29 is 4.52 Å². The molecular weight excluding hydrogens is 338 g/mol. The van der Waals surface area contributed by atoms with Gasteiger partial charge in [0.2, 0.25) is 0 Å². The van der Waals surface area contributed by atoms with E-state index in [0.29, 0.717) is 12.5 Å². The lowest BCUT2D eigenvalue weighted by Gasteiger charge is -2.30. The molecule has 0 spiro atoms. The zero-order valence-corrected chi connectivity index (χ0v) is 17.8. The molecule has 1 aliphatic rings. The molecule has 1 fully saturated rings. The molecule has 2 N–H and O–H groups in total. The molecule has 1 atom stereocenters. The monoisotopic (exact) mass is 377 g/mol. The Hall–Kier alpha value is -1.56. The van der Waals surface area contributed by atoms with Crippen LogP contribution in [0.25, 0.3) is 0 Å². The maximum absolute atomic E-state index is 5.46. The summed E-state index contributed by atoms with van der Waals surface area (Å²) in [6.45, 7) is 12.1. The first-order valence-corrected chi connectivity index (χ1v) is 10.8. The van der Waals surface area contributed by atoms with Crippen molar-refractivity contribution in [3.8, 4) is 0 Å². The zero-order chi connectivity index (χ0) is 19.5. The number of rotatable bonds is 10. The summed E-state index contributed by atoms with van der Waals surface area (Å²) in [5.74, 6) is 3.03. The van der Waals surface area contributed by atoms with Crippen molar-refractivity contribution in [3.63, 3.8) is 0 Å². The summed E-state index contributed by atoms with van der Waals surface area (Å²) in [5.41, 5.74) is 1.06. The second-order valence-corrected chi connectivity index (χ2v) is 7.84. The molecule has 1 aromatic heterocycles. The highest BCUT2D eigenvalue weighted by Crippen LogP contribution is 2.22. The second-order valence-electron chi connectivity index (χ2n) is 7.84. The number of nitrogens with one attached hydrogen (secondary N) is 2. The minimum Gasteiger partial charge on any atom is -0.359 e. The van der Waals surface area contributed by atoms with Crippen molar-refractivity contribution in [3.05, 3.63) is 17.5 Å². The molecule has 0 aromatic carbocycles. The van der Waals surface area contributed by atoms with E-state index >= 15 is 0 Å². The summed E-state index contributed by atoms with van der Waals surface area (Å²) in [5, 5.41) is 10.9. The van der Waals surface area contributed by atoms with Crippen LogP contribution in [-0.4, -0.2) is 49.2 Å². The molecule has 0 amide bonds. The summed E-state index contributed by atoms with van der Waals surface area (Å²) in [4.78, 5) is 6.91. The molecule has 1 aliphatic heterocycles. The molecule has 6 nitrogen and oxygen atoms in total. The van der Waals surface area contributed by atoms with Crippen LogP contribution in [0.3, 0.4) is 0 Å². The van der Waals surface area contributed by atoms with Gasteiger partial charge in [0.05, 0.1) is 12.2 Å². The second kappa shape index (κ2) is 12.0. The van der Waals surface area contributed by atoms with Gasteiger partial charge in [-0.25, -0.2) is 0 Å². The smallest absolute Gasteiger partial charge is 0.191 e. The van der Waals surface area contributed by atoms with Crippen molar-refractivity contribution >= 4 is 5.96 Å². The Kier molecular flexibility index (Phi) is 9.67. The Bertz CT molecular complexity index is 553. The van der Waals surface area contributed by atoms with Gasteiger partial charge in [-0.05, 0) is 57.5 Å². The van der Waals surface area contributed by atoms with Crippen molar-refractivity contribution in [2.45, 2.75) is 71.8 Å². The lowest BCUT2D eigenvalue weighted by Crippen LogP contribution is -2.38. The normalized spacial score (nSPS) is 18.9. The van der Waals surface area contributed by atoms with E-state index in [0.717, 1.165) is 49.1 Å². The van der Waals surface area contributed by atoms with Crippen LogP contribution in [0.4, 0.5) is 0 Å². The van der Waals surface area contributed by atoms with Gasteiger partial charge in [0.15, 0.2) is 11.7 Å². The number of piperidine rings is 1. The predicted octanol–water partition coefficient (Wildman–Crippen LogP) is 3.76. The van der Waals surface area contributed by atoms with Gasteiger partial charge in [-0.15, -0.1) is 0 Å². The molecule has 6 heteroatoms. The number of likely N-dealkylation sites (tertiary alicyclic amines) is 1. The van der Waals surface area contributed by atoms with Crippen molar-refractivity contribution in [1.82, 2.24) is 20.7 Å². The maximum Gasteiger partial charge on any atom is 0.191 e. The summed E-state index contributed by atoms with van der Waals surface area (Å²) in [7, 11) is 1.81. The van der Waals surface area contributed by atoms with Crippen LogP contribution < -0.4 is 10.6 Å². The standard InChI is InChI=1S/C21H39N5O/c1-5-18(6-2)20-14-19(27-25-20)15-24-21(22-4)23-11-7-8-12-26-13-9-10-17(3)16-26/h14,17-18H,5-13,15-16H2,1-4H3,(H2,22,23,24). The molecule has 0 saturated carbocycles. The molecule has 1 saturated heterocycles. The van der Waals surface area contributed by atoms with Gasteiger partial charge >= 0.3 is 0 Å². The van der Waals surface area contributed by atoms with Gasteiger partial charge in [0.25, 0.3) is 0 Å². The Morgan fingerprint density at radius 2 is 2.15 bits per heavy atom. The molecule has 2 rings (SSSR count). The number of hydrogen-bond acceptors (Lipinski definition) is 4. The van der Waals surface area contributed by atoms with Gasteiger partial charge in [-0.2, -0.15) is 0 Å². The molecule has 154 valence electrons. The lowest BCUT2D eigenvalue weighted by molar-refractivity contribution is 0.181. The third kappa shape index (κ3) is 7.53. The highest BCUT2D eigenvalue weighted by atomic mass is 16.5. The molecule has 1 aromatic rings. The fourth-order valence-corrected chi connectivity index (χ4v) is 3.86. The summed E-state index contributed by atoms with van der Waals surface area (Å²) in [6.07, 6.45) is 7.33. The molecule has 2 heterocycles. The van der Waals surface area contributed by atoms with Crippen molar-refractivity contribution in [1.29, 1.82) is 0 Å². The Morgan fingerprint density at radius 1 is 1.33 bits per heavy atom. The Morgan fingerprint density at radius 3 is 2.85 bits per heavy atom. The minimum absolute atomic E-state index is 0.489. The van der Waals surface area contributed by atoms with Gasteiger partial charge < -0.3 is 20.1 Å². The van der Waals surface area contributed by atoms with E-state index in [1.54, 1.807) is 7.05 Å². The number of aliphatic imine (C=N–C) groups is 1. The maximum atomic E-state index is 5.46. The van der Waals surface area contributed by atoms with Crippen LogP contribution in [0.15, 0.2) is 15.6 Å². The van der Waals surface area contributed by atoms with E-state index in [2.05, 4.69) is 52.5 Å². The van der Waals surface area contributed by atoms with E-state index in [4.69, 9.17) is 4.52 Å². The number of hydrogen-bond donors (Lipinski definition) is 2. The summed E-state index contributed by atoms with van der Waals surface area (Å²) < 4.78 is 5.46. The highest BCUT2D eigenvalue weighted by Gasteiger charge is 2.15. The topological polar surface area (TPSA) is 65.7 Å². The molecule has 0 radical (unpaired) electrons. The minimum atomic E-state index is 0.489. The van der Waals surface area contributed by atoms with E-state index in [-0.39, 0.29) is 0 Å². The average Bonchev–Trinajstić information content (AvgIpc) is 3.14. The van der Waals surface area contributed by atoms with Gasteiger partial charge in [0.1, 0.15) is 0 Å². The first-order valence-electron chi connectivity index (χ1n) is 10.8. The first-order chi connectivity index (χ1) is 13.2. The number of unbranched alkanes of at least 4 members (excludes halogenated alkanes) is 1. The van der Waals surface area contributed by atoms with Crippen LogP contribution in [0, 0.1) is 5.92 Å². The lowest BCUT2D eigenvalue weighted by atomic mass is 9.99. The van der Waals surface area contributed by atoms with Crippen LogP contribution >= 0.6 is 0 Å². The molecule has 0 aliphatic carbocycles. The largest absolute Gasteiger partial charge is 0.359 e. The zero-order valence-electron chi connectivity index (χ0n) is 17.8. The SMILES string of the molecule is CCC(CC)c1cc(CNC(=NC)NCCCCN2CCCC(C)C2)on1. The van der Waals surface area contributed by atoms with Crippen LogP contribution in [-0.2, 0) is 6.54 Å². The van der Waals surface area contributed by atoms with Gasteiger partial charge in [0, 0.05) is 32.1 Å². The van der Waals surface area contributed by atoms with Gasteiger partial charge in [-0.3, -0.25) is 4.99 Å². The van der Waals surface area contributed by atoms with Gasteiger partial charge in [-0.1, -0.05) is 25.9 Å². The van der Waals surface area contributed by atoms with E-state index in [1.807, 2.05) is 0 Å². The summed E-state index contributed by atoms with van der Waals surface area (Å²) >= 11 is 0. The Balaban J connectivity index is 1.61. The summed E-state index contributed by atoms with van der Waals surface area (Å²) in [6, 6.07) is 2.07. The van der Waals surface area contributed by atoms with Crippen LogP contribution in [0.1, 0.15) is 76.7 Å². The first kappa shape index (κ1) is 21.7. The Labute approximate surface area is 165 Å². The average molecular weight is 378 g/mol. The van der Waals surface area contributed by atoms with E-state index in [1.165, 1.54) is 38.9 Å². The fraction of sp³-hybridized carbons (Fsp3) is 0.810. The van der Waals surface area contributed by atoms with Crippen LogP contribution in [0.2, 0.25) is 0 Å². The molecule has 0 bridgehead atoms. The number of nitrogens with zero attached hydrogens (tertiary/aromatic N) is 3. The predicted molar refractivity (Wildman–Crippen MR) is 112 cm³/mol. The molecular formula is C21H39N5O. The number of aromatic nitrogens is 1. The third-order valence-electron chi connectivity index (χ3n) is 5.57. The van der Waals surface area contributed by atoms with E-state index < -0.39 is 0 Å². The van der Waals surface area contributed by atoms with Crippen molar-refractivity contribution in [2.75, 3.05) is 33.2 Å². The quantitative estimate of drug-likeness (QED) is 0.369.